The highest BCUT2D eigenvalue weighted by molar-refractivity contribution is 7.92. The molecular weight excluding hydrogens is 332 g/mol. The number of rotatable bonds is 3. The van der Waals surface area contributed by atoms with Crippen LogP contribution < -0.4 is 4.72 Å². The first-order valence-electron chi connectivity index (χ1n) is 8.17. The van der Waals surface area contributed by atoms with Crippen LogP contribution in [0.3, 0.4) is 0 Å². The summed E-state index contributed by atoms with van der Waals surface area (Å²) in [5.74, 6) is 0. The normalized spacial score (nSPS) is 11.7. The van der Waals surface area contributed by atoms with Gasteiger partial charge in [0.05, 0.1) is 16.1 Å². The largest absolute Gasteiger partial charge is 0.277 e. The van der Waals surface area contributed by atoms with Crippen molar-refractivity contribution < 1.29 is 8.42 Å². The predicted octanol–water partition coefficient (Wildman–Crippen LogP) is 4.58. The monoisotopic (exact) mass is 354 g/mol. The van der Waals surface area contributed by atoms with Gasteiger partial charge >= 0.3 is 0 Å². The molecule has 3 aromatic rings. The summed E-state index contributed by atoms with van der Waals surface area (Å²) >= 11 is 0. The Morgan fingerprint density at radius 3 is 2.00 bits per heavy atom. The highest BCUT2D eigenvalue weighted by atomic mass is 32.2. The Morgan fingerprint density at radius 1 is 0.800 bits per heavy atom. The molecule has 3 rings (SSSR count). The van der Waals surface area contributed by atoms with E-state index in [0.29, 0.717) is 16.1 Å². The zero-order valence-electron chi connectivity index (χ0n) is 15.1. The average Bonchev–Trinajstić information content (AvgIpc) is 2.58. The summed E-state index contributed by atoms with van der Waals surface area (Å²) in [5, 5.41) is 0.896. The Kier molecular flexibility index (Phi) is 4.29. The maximum atomic E-state index is 13.2. The molecule has 0 saturated carbocycles. The first kappa shape index (κ1) is 17.4. The lowest BCUT2D eigenvalue weighted by Gasteiger charge is -2.19. The Labute approximate surface area is 149 Å². The summed E-state index contributed by atoms with van der Waals surface area (Å²) < 4.78 is 29.1. The minimum atomic E-state index is -3.72. The molecule has 0 saturated heterocycles. The summed E-state index contributed by atoms with van der Waals surface area (Å²) in [6.45, 7) is 9.70. The molecule has 0 atom stereocenters. The van der Waals surface area contributed by atoms with Crippen molar-refractivity contribution in [3.63, 3.8) is 0 Å². The van der Waals surface area contributed by atoms with Crippen molar-refractivity contribution in [1.29, 1.82) is 0 Å². The van der Waals surface area contributed by atoms with Crippen LogP contribution in [0, 0.1) is 34.6 Å². The van der Waals surface area contributed by atoms with Crippen LogP contribution >= 0.6 is 0 Å². The molecule has 130 valence electrons. The van der Waals surface area contributed by atoms with Crippen LogP contribution in [0.1, 0.15) is 27.8 Å². The summed E-state index contributed by atoms with van der Waals surface area (Å²) in [6, 6.07) is 9.23. The van der Waals surface area contributed by atoms with Gasteiger partial charge in [0.25, 0.3) is 10.0 Å². The van der Waals surface area contributed by atoms with E-state index in [1.54, 1.807) is 12.3 Å². The Bertz CT molecular complexity index is 1050. The number of anilines is 1. The highest BCUT2D eigenvalue weighted by Crippen LogP contribution is 2.31. The molecule has 0 fully saturated rings. The molecule has 5 heteroatoms. The number of nitrogens with zero attached hydrogens (tertiary/aromatic N) is 1. The molecule has 25 heavy (non-hydrogen) atoms. The van der Waals surface area contributed by atoms with Crippen LogP contribution in [-0.2, 0) is 10.0 Å². The van der Waals surface area contributed by atoms with Crippen molar-refractivity contribution in [3.8, 4) is 0 Å². The molecule has 0 spiro atoms. The SMILES string of the molecule is Cc1c(C)c(C)c(S(=O)(=O)Nc2cccc3cccnc23)c(C)c1C. The lowest BCUT2D eigenvalue weighted by molar-refractivity contribution is 0.599. The number of sulfonamides is 1. The van der Waals surface area contributed by atoms with Crippen molar-refractivity contribution in [2.24, 2.45) is 0 Å². The van der Waals surface area contributed by atoms with E-state index in [4.69, 9.17) is 0 Å². The van der Waals surface area contributed by atoms with E-state index in [1.807, 2.05) is 58.9 Å². The van der Waals surface area contributed by atoms with Gasteiger partial charge in [-0.25, -0.2) is 8.42 Å². The van der Waals surface area contributed by atoms with Gasteiger partial charge in [0.2, 0.25) is 0 Å². The maximum Gasteiger partial charge on any atom is 0.262 e. The summed E-state index contributed by atoms with van der Waals surface area (Å²) in [7, 11) is -3.72. The highest BCUT2D eigenvalue weighted by Gasteiger charge is 2.24. The van der Waals surface area contributed by atoms with Gasteiger partial charge in [-0.05, 0) is 74.6 Å². The Morgan fingerprint density at radius 2 is 1.36 bits per heavy atom. The maximum absolute atomic E-state index is 13.2. The number of hydrogen-bond donors (Lipinski definition) is 1. The van der Waals surface area contributed by atoms with Gasteiger partial charge < -0.3 is 0 Å². The van der Waals surface area contributed by atoms with Gasteiger partial charge in [-0.3, -0.25) is 9.71 Å². The minimum Gasteiger partial charge on any atom is -0.277 e. The van der Waals surface area contributed by atoms with Crippen molar-refractivity contribution in [1.82, 2.24) is 4.98 Å². The summed E-state index contributed by atoms with van der Waals surface area (Å²) in [6.07, 6.45) is 1.66. The van der Waals surface area contributed by atoms with E-state index >= 15 is 0 Å². The number of benzene rings is 2. The van der Waals surface area contributed by atoms with Crippen molar-refractivity contribution in [3.05, 3.63) is 64.3 Å². The van der Waals surface area contributed by atoms with Crippen LogP contribution in [0.15, 0.2) is 41.4 Å². The molecule has 1 N–H and O–H groups in total. The molecule has 0 aliphatic rings. The Hall–Kier alpha value is -2.40. The van der Waals surface area contributed by atoms with E-state index < -0.39 is 10.0 Å². The third-order valence-corrected chi connectivity index (χ3v) is 6.72. The van der Waals surface area contributed by atoms with Crippen LogP contribution in [-0.4, -0.2) is 13.4 Å². The van der Waals surface area contributed by atoms with E-state index in [9.17, 15) is 8.42 Å². The molecule has 0 amide bonds. The lowest BCUT2D eigenvalue weighted by Crippen LogP contribution is -2.18. The molecule has 0 aliphatic carbocycles. The van der Waals surface area contributed by atoms with E-state index in [2.05, 4.69) is 9.71 Å². The molecule has 4 nitrogen and oxygen atoms in total. The number of nitrogens with one attached hydrogen (secondary N) is 1. The molecular formula is C20H22N2O2S. The summed E-state index contributed by atoms with van der Waals surface area (Å²) in [4.78, 5) is 4.69. The Balaban J connectivity index is 2.19. The third kappa shape index (κ3) is 2.89. The number of pyridine rings is 1. The molecule has 0 radical (unpaired) electrons. The van der Waals surface area contributed by atoms with E-state index in [1.165, 1.54) is 0 Å². The standard InChI is InChI=1S/C20H22N2O2S/c1-12-13(2)15(4)20(16(5)14(12)3)25(23,24)22-18-10-6-8-17-9-7-11-21-19(17)18/h6-11,22H,1-5H3. The summed E-state index contributed by atoms with van der Waals surface area (Å²) in [5.41, 5.74) is 5.89. The molecule has 1 heterocycles. The predicted molar refractivity (Wildman–Crippen MR) is 103 cm³/mol. The first-order valence-corrected chi connectivity index (χ1v) is 9.66. The number of hydrogen-bond acceptors (Lipinski definition) is 3. The second-order valence-electron chi connectivity index (χ2n) is 6.44. The van der Waals surface area contributed by atoms with Crippen LogP contribution in [0.5, 0.6) is 0 Å². The third-order valence-electron chi connectivity index (χ3n) is 5.08. The number of fused-ring (bicyclic) bond motifs is 1. The van der Waals surface area contributed by atoms with E-state index in [0.717, 1.165) is 33.2 Å². The zero-order valence-corrected chi connectivity index (χ0v) is 16.0. The van der Waals surface area contributed by atoms with Gasteiger partial charge in [0, 0.05) is 11.6 Å². The van der Waals surface area contributed by atoms with Gasteiger partial charge in [0.15, 0.2) is 0 Å². The van der Waals surface area contributed by atoms with Crippen molar-refractivity contribution in [2.45, 2.75) is 39.5 Å². The average molecular weight is 354 g/mol. The van der Waals surface area contributed by atoms with Gasteiger partial charge in [-0.15, -0.1) is 0 Å². The fourth-order valence-corrected chi connectivity index (χ4v) is 4.92. The molecule has 0 bridgehead atoms. The lowest BCUT2D eigenvalue weighted by atomic mass is 9.95. The molecule has 0 aliphatic heterocycles. The first-order chi connectivity index (χ1) is 11.7. The second kappa shape index (κ2) is 6.15. The van der Waals surface area contributed by atoms with Gasteiger partial charge in [-0.2, -0.15) is 0 Å². The fraction of sp³-hybridized carbons (Fsp3) is 0.250. The van der Waals surface area contributed by atoms with E-state index in [-0.39, 0.29) is 0 Å². The molecule has 0 unspecified atom stereocenters. The number of aromatic nitrogens is 1. The van der Waals surface area contributed by atoms with Crippen LogP contribution in [0.2, 0.25) is 0 Å². The zero-order chi connectivity index (χ0) is 18.4. The van der Waals surface area contributed by atoms with Crippen molar-refractivity contribution >= 4 is 26.6 Å². The second-order valence-corrected chi connectivity index (χ2v) is 8.06. The molecule has 1 aromatic heterocycles. The van der Waals surface area contributed by atoms with Crippen molar-refractivity contribution in [2.75, 3.05) is 4.72 Å². The van der Waals surface area contributed by atoms with Crippen LogP contribution in [0.4, 0.5) is 5.69 Å². The van der Waals surface area contributed by atoms with Crippen LogP contribution in [0.25, 0.3) is 10.9 Å². The minimum absolute atomic E-state index is 0.362. The number of para-hydroxylation sites is 1. The molecule has 2 aromatic carbocycles. The smallest absolute Gasteiger partial charge is 0.262 e. The van der Waals surface area contributed by atoms with Gasteiger partial charge in [0.1, 0.15) is 0 Å². The van der Waals surface area contributed by atoms with Gasteiger partial charge in [-0.1, -0.05) is 18.2 Å². The topological polar surface area (TPSA) is 59.1 Å². The fourth-order valence-electron chi connectivity index (χ4n) is 3.25. The quantitative estimate of drug-likeness (QED) is 0.749.